The largest absolute Gasteiger partial charge is 0.370 e. The quantitative estimate of drug-likeness (QED) is 0.631. The summed E-state index contributed by atoms with van der Waals surface area (Å²) in [7, 11) is 0. The van der Waals surface area contributed by atoms with Crippen molar-refractivity contribution < 1.29 is 4.74 Å². The van der Waals surface area contributed by atoms with Crippen molar-refractivity contribution in [2.45, 2.75) is 39.4 Å². The predicted molar refractivity (Wildman–Crippen MR) is 54.0 cm³/mol. The van der Waals surface area contributed by atoms with Crippen LogP contribution in [0, 0.1) is 13.8 Å². The fourth-order valence-corrected chi connectivity index (χ4v) is 1.74. The highest BCUT2D eigenvalue weighted by molar-refractivity contribution is 5.31. The maximum atomic E-state index is 5.41. The Morgan fingerprint density at radius 1 is 1.31 bits per heavy atom. The third-order valence-corrected chi connectivity index (χ3v) is 2.76. The third-order valence-electron chi connectivity index (χ3n) is 2.76. The van der Waals surface area contributed by atoms with Crippen molar-refractivity contribution in [3.05, 3.63) is 34.9 Å². The Balaban J connectivity index is 2.11. The molecular weight excluding hydrogens is 160 g/mol. The van der Waals surface area contributed by atoms with Gasteiger partial charge in [0.05, 0.1) is 12.2 Å². The van der Waals surface area contributed by atoms with E-state index in [2.05, 4.69) is 39.0 Å². The topological polar surface area (TPSA) is 12.5 Å². The van der Waals surface area contributed by atoms with Crippen LogP contribution >= 0.6 is 0 Å². The first kappa shape index (κ1) is 8.76. The highest BCUT2D eigenvalue weighted by Gasteiger charge is 2.34. The smallest absolute Gasteiger partial charge is 0.0879 e. The summed E-state index contributed by atoms with van der Waals surface area (Å²) in [6.45, 7) is 6.44. The molecule has 1 heterocycles. The summed E-state index contributed by atoms with van der Waals surface area (Å²) < 4.78 is 5.41. The molecule has 0 spiro atoms. The molecule has 1 fully saturated rings. The standard InChI is InChI=1S/C12H16O/c1-8-4-5-11(9(2)6-8)7-12-10(3)13-12/h4-6,10,12H,7H2,1-3H3. The zero-order valence-electron chi connectivity index (χ0n) is 8.50. The van der Waals surface area contributed by atoms with E-state index in [4.69, 9.17) is 4.74 Å². The molecule has 0 amide bonds. The van der Waals surface area contributed by atoms with E-state index in [1.807, 2.05) is 0 Å². The molecule has 0 saturated carbocycles. The molecule has 0 bridgehead atoms. The Labute approximate surface area is 79.7 Å². The van der Waals surface area contributed by atoms with Gasteiger partial charge in [-0.2, -0.15) is 0 Å². The maximum absolute atomic E-state index is 5.41. The Morgan fingerprint density at radius 3 is 2.54 bits per heavy atom. The fraction of sp³-hybridized carbons (Fsp3) is 0.500. The lowest BCUT2D eigenvalue weighted by Gasteiger charge is -2.04. The van der Waals surface area contributed by atoms with Gasteiger partial charge in [0.15, 0.2) is 0 Å². The first-order valence-electron chi connectivity index (χ1n) is 4.88. The summed E-state index contributed by atoms with van der Waals surface area (Å²) in [6.07, 6.45) is 2.02. The Bertz CT molecular complexity index is 317. The molecule has 2 unspecified atom stereocenters. The van der Waals surface area contributed by atoms with Crippen LogP contribution < -0.4 is 0 Å². The highest BCUT2D eigenvalue weighted by Crippen LogP contribution is 2.26. The number of benzene rings is 1. The zero-order valence-corrected chi connectivity index (χ0v) is 8.50. The molecule has 1 heteroatoms. The second kappa shape index (κ2) is 3.15. The second-order valence-electron chi connectivity index (χ2n) is 4.01. The number of ether oxygens (including phenoxy) is 1. The summed E-state index contributed by atoms with van der Waals surface area (Å²) in [5, 5.41) is 0. The van der Waals surface area contributed by atoms with E-state index in [9.17, 15) is 0 Å². The van der Waals surface area contributed by atoms with Gasteiger partial charge in [-0.25, -0.2) is 0 Å². The molecule has 13 heavy (non-hydrogen) atoms. The molecule has 1 saturated heterocycles. The van der Waals surface area contributed by atoms with E-state index < -0.39 is 0 Å². The van der Waals surface area contributed by atoms with Crippen LogP contribution in [0.3, 0.4) is 0 Å². The van der Waals surface area contributed by atoms with Crippen LogP contribution in [0.5, 0.6) is 0 Å². The molecule has 0 radical (unpaired) electrons. The van der Waals surface area contributed by atoms with Gasteiger partial charge in [0.25, 0.3) is 0 Å². The van der Waals surface area contributed by atoms with Gasteiger partial charge in [-0.05, 0) is 31.9 Å². The lowest BCUT2D eigenvalue weighted by Crippen LogP contribution is -1.98. The van der Waals surface area contributed by atoms with Crippen molar-refractivity contribution in [3.63, 3.8) is 0 Å². The molecule has 0 aliphatic carbocycles. The van der Waals surface area contributed by atoms with Gasteiger partial charge in [-0.15, -0.1) is 0 Å². The van der Waals surface area contributed by atoms with Gasteiger partial charge < -0.3 is 4.74 Å². The number of epoxide rings is 1. The van der Waals surface area contributed by atoms with E-state index in [0.717, 1.165) is 6.42 Å². The summed E-state index contributed by atoms with van der Waals surface area (Å²) in [6, 6.07) is 6.64. The second-order valence-corrected chi connectivity index (χ2v) is 4.01. The van der Waals surface area contributed by atoms with Gasteiger partial charge in [0, 0.05) is 6.42 Å². The van der Waals surface area contributed by atoms with Gasteiger partial charge in [0.2, 0.25) is 0 Å². The average molecular weight is 176 g/mol. The molecule has 1 aliphatic rings. The van der Waals surface area contributed by atoms with E-state index in [-0.39, 0.29) is 0 Å². The summed E-state index contributed by atoms with van der Waals surface area (Å²) >= 11 is 0. The third kappa shape index (κ3) is 1.92. The molecule has 1 nitrogen and oxygen atoms in total. The lowest BCUT2D eigenvalue weighted by molar-refractivity contribution is 0.378. The van der Waals surface area contributed by atoms with Crippen molar-refractivity contribution in [2.24, 2.45) is 0 Å². The number of aryl methyl sites for hydroxylation is 2. The van der Waals surface area contributed by atoms with Crippen LogP contribution in [0.25, 0.3) is 0 Å². The maximum Gasteiger partial charge on any atom is 0.0879 e. The minimum absolute atomic E-state index is 0.473. The number of rotatable bonds is 2. The van der Waals surface area contributed by atoms with E-state index in [0.29, 0.717) is 12.2 Å². The molecule has 1 aromatic rings. The van der Waals surface area contributed by atoms with Gasteiger partial charge in [0.1, 0.15) is 0 Å². The molecular formula is C12H16O. The Morgan fingerprint density at radius 2 is 2.00 bits per heavy atom. The minimum Gasteiger partial charge on any atom is -0.370 e. The fourth-order valence-electron chi connectivity index (χ4n) is 1.74. The highest BCUT2D eigenvalue weighted by atomic mass is 16.6. The van der Waals surface area contributed by atoms with Crippen molar-refractivity contribution in [3.8, 4) is 0 Å². The first-order chi connectivity index (χ1) is 6.16. The summed E-state index contributed by atoms with van der Waals surface area (Å²) in [5.41, 5.74) is 4.16. The van der Waals surface area contributed by atoms with Gasteiger partial charge in [-0.1, -0.05) is 23.8 Å². The lowest BCUT2D eigenvalue weighted by atomic mass is 10.0. The van der Waals surface area contributed by atoms with E-state index in [1.165, 1.54) is 16.7 Å². The van der Waals surface area contributed by atoms with Crippen LogP contribution in [-0.2, 0) is 11.2 Å². The van der Waals surface area contributed by atoms with Crippen LogP contribution in [0.1, 0.15) is 23.6 Å². The summed E-state index contributed by atoms with van der Waals surface area (Å²) in [4.78, 5) is 0. The Kier molecular flexibility index (Phi) is 2.12. The Hall–Kier alpha value is -0.820. The molecule has 1 aliphatic heterocycles. The minimum atomic E-state index is 0.473. The molecule has 70 valence electrons. The summed E-state index contributed by atoms with van der Waals surface area (Å²) in [5.74, 6) is 0. The molecule has 1 aromatic carbocycles. The molecule has 0 aromatic heterocycles. The van der Waals surface area contributed by atoms with Crippen molar-refractivity contribution >= 4 is 0 Å². The molecule has 2 atom stereocenters. The average Bonchev–Trinajstić information content (AvgIpc) is 2.73. The van der Waals surface area contributed by atoms with Crippen LogP contribution in [0.2, 0.25) is 0 Å². The van der Waals surface area contributed by atoms with Gasteiger partial charge in [-0.3, -0.25) is 0 Å². The zero-order chi connectivity index (χ0) is 9.42. The van der Waals surface area contributed by atoms with Crippen molar-refractivity contribution in [2.75, 3.05) is 0 Å². The number of hydrogen-bond donors (Lipinski definition) is 0. The van der Waals surface area contributed by atoms with Crippen LogP contribution in [0.4, 0.5) is 0 Å². The van der Waals surface area contributed by atoms with Crippen molar-refractivity contribution in [1.29, 1.82) is 0 Å². The molecule has 2 rings (SSSR count). The predicted octanol–water partition coefficient (Wildman–Crippen LogP) is 2.63. The number of hydrogen-bond acceptors (Lipinski definition) is 1. The van der Waals surface area contributed by atoms with Crippen molar-refractivity contribution in [1.82, 2.24) is 0 Å². The van der Waals surface area contributed by atoms with Crippen LogP contribution in [-0.4, -0.2) is 12.2 Å². The molecule has 0 N–H and O–H groups in total. The SMILES string of the molecule is Cc1ccc(CC2OC2C)c(C)c1. The first-order valence-corrected chi connectivity index (χ1v) is 4.88. The monoisotopic (exact) mass is 176 g/mol. The van der Waals surface area contributed by atoms with E-state index >= 15 is 0 Å². The van der Waals surface area contributed by atoms with Gasteiger partial charge >= 0.3 is 0 Å². The normalized spacial score (nSPS) is 26.1. The van der Waals surface area contributed by atoms with Crippen LogP contribution in [0.15, 0.2) is 18.2 Å². The van der Waals surface area contributed by atoms with E-state index in [1.54, 1.807) is 0 Å².